The molecule has 2 rings (SSSR count). The molecule has 0 spiro atoms. The molecule has 3 heteroatoms. The Morgan fingerprint density at radius 2 is 2.00 bits per heavy atom. The van der Waals surface area contributed by atoms with Crippen molar-refractivity contribution in [2.24, 2.45) is 5.92 Å². The van der Waals surface area contributed by atoms with Crippen molar-refractivity contribution in [1.29, 1.82) is 0 Å². The molecule has 1 aromatic rings. The Balaban J connectivity index is 2.19. The SMILES string of the molecule is COc1ccc(N2C[C@@H](C)CC2=O)cc1. The van der Waals surface area contributed by atoms with E-state index in [1.165, 1.54) is 0 Å². The van der Waals surface area contributed by atoms with Crippen molar-refractivity contribution < 1.29 is 9.53 Å². The minimum atomic E-state index is 0.215. The van der Waals surface area contributed by atoms with E-state index >= 15 is 0 Å². The maximum Gasteiger partial charge on any atom is 0.227 e. The molecule has 0 saturated carbocycles. The van der Waals surface area contributed by atoms with E-state index in [2.05, 4.69) is 6.92 Å². The van der Waals surface area contributed by atoms with E-state index in [1.54, 1.807) is 7.11 Å². The summed E-state index contributed by atoms with van der Waals surface area (Å²) in [6, 6.07) is 7.61. The molecule has 0 N–H and O–H groups in total. The third kappa shape index (κ3) is 1.96. The molecule has 0 unspecified atom stereocenters. The van der Waals surface area contributed by atoms with Crippen molar-refractivity contribution in [1.82, 2.24) is 0 Å². The van der Waals surface area contributed by atoms with Gasteiger partial charge in [-0.1, -0.05) is 6.92 Å². The second-order valence-electron chi connectivity index (χ2n) is 4.01. The van der Waals surface area contributed by atoms with Crippen molar-refractivity contribution in [2.75, 3.05) is 18.6 Å². The van der Waals surface area contributed by atoms with Crippen LogP contribution < -0.4 is 9.64 Å². The molecule has 3 nitrogen and oxygen atoms in total. The first-order valence-corrected chi connectivity index (χ1v) is 5.15. The summed E-state index contributed by atoms with van der Waals surface area (Å²) in [7, 11) is 1.64. The molecular weight excluding hydrogens is 190 g/mol. The molecule has 15 heavy (non-hydrogen) atoms. The fraction of sp³-hybridized carbons (Fsp3) is 0.417. The molecule has 0 aliphatic carbocycles. The highest BCUT2D eigenvalue weighted by atomic mass is 16.5. The number of benzene rings is 1. The number of methoxy groups -OCH3 is 1. The highest BCUT2D eigenvalue weighted by Gasteiger charge is 2.27. The van der Waals surface area contributed by atoms with Gasteiger partial charge in [0.2, 0.25) is 5.91 Å². The van der Waals surface area contributed by atoms with Gasteiger partial charge in [-0.2, -0.15) is 0 Å². The van der Waals surface area contributed by atoms with Crippen LogP contribution in [0.15, 0.2) is 24.3 Å². The van der Waals surface area contributed by atoms with Crippen LogP contribution >= 0.6 is 0 Å². The Bertz CT molecular complexity index is 358. The maximum absolute atomic E-state index is 11.6. The number of carbonyl (C=O) groups excluding carboxylic acids is 1. The molecule has 1 atom stereocenters. The van der Waals surface area contributed by atoms with Crippen LogP contribution in [0.3, 0.4) is 0 Å². The van der Waals surface area contributed by atoms with Gasteiger partial charge in [0.15, 0.2) is 0 Å². The number of ether oxygens (including phenoxy) is 1. The summed E-state index contributed by atoms with van der Waals surface area (Å²) >= 11 is 0. The van der Waals surface area contributed by atoms with E-state index in [9.17, 15) is 4.79 Å². The second-order valence-corrected chi connectivity index (χ2v) is 4.01. The van der Waals surface area contributed by atoms with Gasteiger partial charge in [-0.25, -0.2) is 0 Å². The number of anilines is 1. The van der Waals surface area contributed by atoms with E-state index in [1.807, 2.05) is 29.2 Å². The number of hydrogen-bond donors (Lipinski definition) is 0. The van der Waals surface area contributed by atoms with E-state index in [0.717, 1.165) is 18.0 Å². The van der Waals surface area contributed by atoms with Gasteiger partial charge < -0.3 is 9.64 Å². The van der Waals surface area contributed by atoms with Crippen LogP contribution in [0.1, 0.15) is 13.3 Å². The number of rotatable bonds is 2. The van der Waals surface area contributed by atoms with Crippen LogP contribution in [0.4, 0.5) is 5.69 Å². The largest absolute Gasteiger partial charge is 0.497 e. The van der Waals surface area contributed by atoms with Crippen molar-refractivity contribution in [3.63, 3.8) is 0 Å². The second kappa shape index (κ2) is 3.93. The highest BCUT2D eigenvalue weighted by Crippen LogP contribution is 2.26. The number of hydrogen-bond acceptors (Lipinski definition) is 2. The average Bonchev–Trinajstić information content (AvgIpc) is 2.58. The number of amides is 1. The summed E-state index contributed by atoms with van der Waals surface area (Å²) < 4.78 is 5.08. The van der Waals surface area contributed by atoms with Gasteiger partial charge in [0.05, 0.1) is 7.11 Å². The minimum Gasteiger partial charge on any atom is -0.497 e. The zero-order chi connectivity index (χ0) is 10.8. The van der Waals surface area contributed by atoms with E-state index in [4.69, 9.17) is 4.74 Å². The fourth-order valence-electron chi connectivity index (χ4n) is 1.90. The first-order valence-electron chi connectivity index (χ1n) is 5.15. The highest BCUT2D eigenvalue weighted by molar-refractivity contribution is 5.95. The standard InChI is InChI=1S/C12H15NO2/c1-9-7-12(14)13(8-9)10-3-5-11(15-2)6-4-10/h3-6,9H,7-8H2,1-2H3/t9-/m0/s1. The molecule has 1 aliphatic heterocycles. The summed E-state index contributed by atoms with van der Waals surface area (Å²) in [4.78, 5) is 13.5. The van der Waals surface area contributed by atoms with Crippen molar-refractivity contribution in [3.05, 3.63) is 24.3 Å². The summed E-state index contributed by atoms with van der Waals surface area (Å²) in [5.41, 5.74) is 0.963. The van der Waals surface area contributed by atoms with Gasteiger partial charge in [-0.15, -0.1) is 0 Å². The minimum absolute atomic E-state index is 0.215. The molecule has 0 radical (unpaired) electrons. The van der Waals surface area contributed by atoms with Crippen molar-refractivity contribution >= 4 is 11.6 Å². The first kappa shape index (κ1) is 10.0. The van der Waals surface area contributed by atoms with E-state index < -0.39 is 0 Å². The molecule has 1 heterocycles. The van der Waals surface area contributed by atoms with Crippen LogP contribution in [-0.4, -0.2) is 19.6 Å². The lowest BCUT2D eigenvalue weighted by Gasteiger charge is -2.16. The summed E-state index contributed by atoms with van der Waals surface area (Å²) in [6.07, 6.45) is 0.659. The predicted octanol–water partition coefficient (Wildman–Crippen LogP) is 2.07. The number of nitrogens with zero attached hydrogens (tertiary/aromatic N) is 1. The lowest BCUT2D eigenvalue weighted by Crippen LogP contribution is -2.24. The monoisotopic (exact) mass is 205 g/mol. The summed E-state index contributed by atoms with van der Waals surface area (Å²) in [6.45, 7) is 2.92. The molecule has 1 fully saturated rings. The third-order valence-electron chi connectivity index (χ3n) is 2.70. The number of carbonyl (C=O) groups is 1. The predicted molar refractivity (Wildman–Crippen MR) is 59.1 cm³/mol. The molecule has 80 valence electrons. The Morgan fingerprint density at radius 3 is 2.47 bits per heavy atom. The van der Waals surface area contributed by atoms with Gasteiger partial charge in [0.25, 0.3) is 0 Å². The molecule has 1 saturated heterocycles. The van der Waals surface area contributed by atoms with Crippen LogP contribution in [0.2, 0.25) is 0 Å². The molecule has 1 aliphatic rings. The van der Waals surface area contributed by atoms with Gasteiger partial charge in [0.1, 0.15) is 5.75 Å². The molecular formula is C12H15NO2. The maximum atomic E-state index is 11.6. The zero-order valence-corrected chi connectivity index (χ0v) is 9.06. The van der Waals surface area contributed by atoms with Crippen LogP contribution in [0.25, 0.3) is 0 Å². The molecule has 0 bridgehead atoms. The third-order valence-corrected chi connectivity index (χ3v) is 2.70. The Kier molecular flexibility index (Phi) is 2.62. The molecule has 0 aromatic heterocycles. The molecule has 1 amide bonds. The normalized spacial score (nSPS) is 20.8. The quantitative estimate of drug-likeness (QED) is 0.739. The van der Waals surface area contributed by atoms with E-state index in [-0.39, 0.29) is 5.91 Å². The van der Waals surface area contributed by atoms with Crippen molar-refractivity contribution in [3.8, 4) is 5.75 Å². The first-order chi connectivity index (χ1) is 7.20. The fourth-order valence-corrected chi connectivity index (χ4v) is 1.90. The van der Waals surface area contributed by atoms with Gasteiger partial charge in [-0.3, -0.25) is 4.79 Å². The van der Waals surface area contributed by atoms with E-state index in [0.29, 0.717) is 12.3 Å². The average molecular weight is 205 g/mol. The zero-order valence-electron chi connectivity index (χ0n) is 9.06. The molecule has 1 aromatic carbocycles. The topological polar surface area (TPSA) is 29.5 Å². The van der Waals surface area contributed by atoms with Gasteiger partial charge in [0, 0.05) is 18.7 Å². The van der Waals surface area contributed by atoms with Gasteiger partial charge >= 0.3 is 0 Å². The summed E-state index contributed by atoms with van der Waals surface area (Å²) in [5, 5.41) is 0. The Labute approximate surface area is 89.7 Å². The lowest BCUT2D eigenvalue weighted by molar-refractivity contribution is -0.117. The van der Waals surface area contributed by atoms with Crippen LogP contribution in [0, 0.1) is 5.92 Å². The van der Waals surface area contributed by atoms with Gasteiger partial charge in [-0.05, 0) is 30.2 Å². The Hall–Kier alpha value is -1.51. The Morgan fingerprint density at radius 1 is 1.33 bits per heavy atom. The van der Waals surface area contributed by atoms with Crippen LogP contribution in [0.5, 0.6) is 5.75 Å². The smallest absolute Gasteiger partial charge is 0.227 e. The van der Waals surface area contributed by atoms with Crippen molar-refractivity contribution in [2.45, 2.75) is 13.3 Å². The van der Waals surface area contributed by atoms with Crippen LogP contribution in [-0.2, 0) is 4.79 Å². The summed E-state index contributed by atoms with van der Waals surface area (Å²) in [5.74, 6) is 1.49. The lowest BCUT2D eigenvalue weighted by atomic mass is 10.2.